The number of aromatic nitrogens is 5. The van der Waals surface area contributed by atoms with Gasteiger partial charge in [-0.3, -0.25) is 0 Å². The molecular formula is C49H29N5O2. The third-order valence-corrected chi connectivity index (χ3v) is 10.1. The number of hydrogen-bond acceptors (Lipinski definition) is 7. The lowest BCUT2D eigenvalue weighted by Crippen LogP contribution is -2.00. The molecule has 7 heteroatoms. The molecule has 0 spiro atoms. The Morgan fingerprint density at radius 2 is 0.821 bits per heavy atom. The molecule has 0 fully saturated rings. The molecule has 7 aromatic carbocycles. The first-order chi connectivity index (χ1) is 27.7. The average Bonchev–Trinajstić information content (AvgIpc) is 3.85. The van der Waals surface area contributed by atoms with Gasteiger partial charge in [-0.05, 0) is 29.8 Å². The van der Waals surface area contributed by atoms with Crippen molar-refractivity contribution in [2.24, 2.45) is 0 Å². The third-order valence-electron chi connectivity index (χ3n) is 10.1. The van der Waals surface area contributed by atoms with Crippen molar-refractivity contribution >= 4 is 44.0 Å². The Morgan fingerprint density at radius 1 is 0.304 bits per heavy atom. The summed E-state index contributed by atoms with van der Waals surface area (Å²) in [6.45, 7) is 0. The first-order valence-electron chi connectivity index (χ1n) is 18.4. The van der Waals surface area contributed by atoms with Crippen molar-refractivity contribution in [3.8, 4) is 67.9 Å². The van der Waals surface area contributed by atoms with E-state index in [-0.39, 0.29) is 0 Å². The van der Waals surface area contributed by atoms with Crippen LogP contribution in [0.2, 0.25) is 0 Å². The molecule has 11 rings (SSSR count). The molecule has 0 aliphatic rings. The summed E-state index contributed by atoms with van der Waals surface area (Å²) < 4.78 is 13.5. The molecule has 0 saturated heterocycles. The zero-order valence-corrected chi connectivity index (χ0v) is 29.8. The number of para-hydroxylation sites is 2. The topological polar surface area (TPSA) is 90.7 Å². The van der Waals surface area contributed by atoms with E-state index in [2.05, 4.69) is 48.5 Å². The van der Waals surface area contributed by atoms with E-state index in [0.29, 0.717) is 40.0 Å². The fourth-order valence-corrected chi connectivity index (χ4v) is 7.48. The van der Waals surface area contributed by atoms with E-state index in [1.807, 2.05) is 127 Å². The van der Waals surface area contributed by atoms with E-state index in [4.69, 9.17) is 33.8 Å². The van der Waals surface area contributed by atoms with Gasteiger partial charge < -0.3 is 8.83 Å². The van der Waals surface area contributed by atoms with Crippen LogP contribution in [0.15, 0.2) is 185 Å². The smallest absolute Gasteiger partial charge is 0.180 e. The lowest BCUT2D eigenvalue weighted by molar-refractivity contribution is 0.667. The minimum Gasteiger partial charge on any atom is -0.455 e. The fourth-order valence-electron chi connectivity index (χ4n) is 7.48. The number of benzene rings is 7. The highest BCUT2D eigenvalue weighted by Crippen LogP contribution is 2.43. The second kappa shape index (κ2) is 13.0. The summed E-state index contributed by atoms with van der Waals surface area (Å²) >= 11 is 0. The molecule has 0 N–H and O–H groups in total. The number of fused-ring (bicyclic) bond motifs is 6. The summed E-state index contributed by atoms with van der Waals surface area (Å²) in [6, 6.07) is 58.8. The monoisotopic (exact) mass is 719 g/mol. The molecule has 0 aliphatic carbocycles. The van der Waals surface area contributed by atoms with E-state index in [1.54, 1.807) is 0 Å². The van der Waals surface area contributed by atoms with E-state index in [1.165, 1.54) is 0 Å². The van der Waals surface area contributed by atoms with Crippen LogP contribution in [0.25, 0.3) is 112 Å². The quantitative estimate of drug-likeness (QED) is 0.169. The van der Waals surface area contributed by atoms with E-state index < -0.39 is 0 Å². The van der Waals surface area contributed by atoms with Gasteiger partial charge in [-0.2, -0.15) is 0 Å². The SMILES string of the molecule is c1ccc(-c2nc(-c3ccccc3)nc(-c3cc(-c4cccc5c4oc4c(-c6ccccc6)nc(-c6ccccc6)nc45)cc4c3oc3ccccc34)n2)cc1. The van der Waals surface area contributed by atoms with Gasteiger partial charge in [-0.15, -0.1) is 0 Å². The molecule has 0 unspecified atom stereocenters. The van der Waals surface area contributed by atoms with Crippen LogP contribution >= 0.6 is 0 Å². The Morgan fingerprint density at radius 3 is 1.46 bits per heavy atom. The van der Waals surface area contributed by atoms with Crippen molar-refractivity contribution in [3.63, 3.8) is 0 Å². The third kappa shape index (κ3) is 5.33. The predicted molar refractivity (Wildman–Crippen MR) is 223 cm³/mol. The zero-order chi connectivity index (χ0) is 37.0. The summed E-state index contributed by atoms with van der Waals surface area (Å²) in [5.74, 6) is 2.29. The minimum absolute atomic E-state index is 0.505. The molecule has 0 radical (unpaired) electrons. The van der Waals surface area contributed by atoms with E-state index in [9.17, 15) is 0 Å². The fraction of sp³-hybridized carbons (Fsp3) is 0. The maximum atomic E-state index is 6.91. The predicted octanol–water partition coefficient (Wildman–Crippen LogP) is 12.5. The molecule has 11 aromatic rings. The largest absolute Gasteiger partial charge is 0.455 e. The van der Waals surface area contributed by atoms with Crippen LogP contribution in [-0.2, 0) is 0 Å². The van der Waals surface area contributed by atoms with Crippen LogP contribution in [-0.4, -0.2) is 24.9 Å². The van der Waals surface area contributed by atoms with Crippen molar-refractivity contribution in [2.45, 2.75) is 0 Å². The standard InChI is InChI=1S/C49H29N5O2/c1-5-16-30(17-6-1)41-45-42(51-46(50-41)31-18-7-2-8-19-31)37-26-15-25-35(43(37)56-45)34-28-38-36-24-13-14-27-40(36)55-44(38)39(29-34)49-53-47(32-20-9-3-10-21-32)52-48(54-49)33-22-11-4-12-23-33/h1-29H. The van der Waals surface area contributed by atoms with Crippen molar-refractivity contribution in [1.82, 2.24) is 24.9 Å². The lowest BCUT2D eigenvalue weighted by atomic mass is 9.97. The van der Waals surface area contributed by atoms with Gasteiger partial charge >= 0.3 is 0 Å². The average molecular weight is 720 g/mol. The Bertz CT molecular complexity index is 3180. The number of furan rings is 2. The molecule has 0 aliphatic heterocycles. The van der Waals surface area contributed by atoms with Gasteiger partial charge in [0.2, 0.25) is 0 Å². The normalized spacial score (nSPS) is 11.6. The molecule has 0 amide bonds. The Kier molecular flexibility index (Phi) is 7.35. The number of rotatable bonds is 6. The summed E-state index contributed by atoms with van der Waals surface area (Å²) in [5.41, 5.74) is 10.5. The molecule has 0 bridgehead atoms. The van der Waals surface area contributed by atoms with Gasteiger partial charge in [0.15, 0.2) is 28.9 Å². The van der Waals surface area contributed by atoms with Crippen LogP contribution in [0.4, 0.5) is 0 Å². The summed E-state index contributed by atoms with van der Waals surface area (Å²) in [6.07, 6.45) is 0. The Labute approximate surface area is 320 Å². The molecule has 0 saturated carbocycles. The van der Waals surface area contributed by atoms with Gasteiger partial charge in [0.05, 0.1) is 5.56 Å². The highest BCUT2D eigenvalue weighted by molar-refractivity contribution is 6.14. The van der Waals surface area contributed by atoms with Crippen molar-refractivity contribution < 1.29 is 8.83 Å². The van der Waals surface area contributed by atoms with Gasteiger partial charge in [-0.25, -0.2) is 24.9 Å². The first kappa shape index (κ1) is 31.7. The van der Waals surface area contributed by atoms with Crippen LogP contribution in [0.3, 0.4) is 0 Å². The molecule has 4 heterocycles. The second-order valence-corrected chi connectivity index (χ2v) is 13.6. The Balaban J connectivity index is 1.19. The summed E-state index contributed by atoms with van der Waals surface area (Å²) in [7, 11) is 0. The van der Waals surface area contributed by atoms with Crippen LogP contribution in [0.1, 0.15) is 0 Å². The molecule has 7 nitrogen and oxygen atoms in total. The minimum atomic E-state index is 0.505. The van der Waals surface area contributed by atoms with Crippen molar-refractivity contribution in [1.29, 1.82) is 0 Å². The van der Waals surface area contributed by atoms with Crippen molar-refractivity contribution in [2.75, 3.05) is 0 Å². The maximum absolute atomic E-state index is 6.91. The maximum Gasteiger partial charge on any atom is 0.180 e. The van der Waals surface area contributed by atoms with Gasteiger partial charge in [0, 0.05) is 44.0 Å². The van der Waals surface area contributed by atoms with Gasteiger partial charge in [-0.1, -0.05) is 152 Å². The van der Waals surface area contributed by atoms with Crippen LogP contribution in [0.5, 0.6) is 0 Å². The van der Waals surface area contributed by atoms with Crippen LogP contribution in [0, 0.1) is 0 Å². The molecular weight excluding hydrogens is 691 g/mol. The summed E-state index contributed by atoms with van der Waals surface area (Å²) in [5, 5.41) is 2.83. The Hall–Kier alpha value is -7.77. The first-order valence-corrected chi connectivity index (χ1v) is 18.4. The van der Waals surface area contributed by atoms with Crippen molar-refractivity contribution in [3.05, 3.63) is 176 Å². The molecule has 262 valence electrons. The molecule has 0 atom stereocenters. The molecule has 56 heavy (non-hydrogen) atoms. The molecule has 4 aromatic heterocycles. The van der Waals surface area contributed by atoms with E-state index >= 15 is 0 Å². The highest BCUT2D eigenvalue weighted by atomic mass is 16.3. The second-order valence-electron chi connectivity index (χ2n) is 13.6. The number of hydrogen-bond donors (Lipinski definition) is 0. The summed E-state index contributed by atoms with van der Waals surface area (Å²) in [4.78, 5) is 25.4. The lowest BCUT2D eigenvalue weighted by Gasteiger charge is -2.11. The van der Waals surface area contributed by atoms with E-state index in [0.717, 1.165) is 71.9 Å². The highest BCUT2D eigenvalue weighted by Gasteiger charge is 2.23. The zero-order valence-electron chi connectivity index (χ0n) is 29.8. The van der Waals surface area contributed by atoms with Gasteiger partial charge in [0.25, 0.3) is 0 Å². The van der Waals surface area contributed by atoms with Gasteiger partial charge in [0.1, 0.15) is 28.0 Å². The number of nitrogens with zero attached hydrogens (tertiary/aromatic N) is 5. The van der Waals surface area contributed by atoms with Crippen LogP contribution < -0.4 is 0 Å².